The molecular weight excluding hydrogens is 719 g/mol. The van der Waals surface area contributed by atoms with Crippen LogP contribution >= 0.6 is 0 Å². The Kier molecular flexibility index (Phi) is 27.5. The van der Waals surface area contributed by atoms with Gasteiger partial charge in [0.05, 0.1) is 0 Å². The van der Waals surface area contributed by atoms with Crippen LogP contribution in [0.1, 0.15) is 189 Å². The van der Waals surface area contributed by atoms with Crippen LogP contribution in [0.2, 0.25) is 0 Å². The summed E-state index contributed by atoms with van der Waals surface area (Å²) in [5, 5.41) is 16.1. The van der Waals surface area contributed by atoms with Crippen molar-refractivity contribution in [3.63, 3.8) is 0 Å². The maximum absolute atomic E-state index is 11.9. The summed E-state index contributed by atoms with van der Waals surface area (Å²) in [6.45, 7) is 22.8. The molecule has 1 aliphatic heterocycles. The van der Waals surface area contributed by atoms with Crippen molar-refractivity contribution in [2.24, 2.45) is 0 Å². The number of aliphatic hydroxyl groups is 2. The number of hydrogen-bond acceptors (Lipinski definition) is 2. The van der Waals surface area contributed by atoms with Gasteiger partial charge in [0.1, 0.15) is 0 Å². The average molecular weight is 796 g/mol. The molecule has 2 N–H and O–H groups in total. The molecule has 0 unspecified atom stereocenters. The number of benzene rings is 2. The van der Waals surface area contributed by atoms with Crippen molar-refractivity contribution in [2.45, 2.75) is 185 Å². The SMILES string of the molecule is CCCCCCc1c(C)cc(C2=C(C)C(CCCCC)=C(c3cc(C)c(CCCCCC)c(C)c3)[N+]2=[N-])cc1C.CCCCO.CCCCO.[Pd]. The zero-order valence-corrected chi connectivity index (χ0v) is 36.1. The third-order valence-electron chi connectivity index (χ3n) is 10.1. The molecule has 5 heteroatoms. The van der Waals surface area contributed by atoms with Crippen molar-refractivity contribution in [3.8, 4) is 0 Å². The Morgan fingerprint density at radius 1 is 0.471 bits per heavy atom. The molecular formula is C46H76N2O2Pd. The Bertz CT molecular complexity index is 1300. The summed E-state index contributed by atoms with van der Waals surface area (Å²) in [7, 11) is 0. The molecule has 2 aromatic rings. The first-order valence-electron chi connectivity index (χ1n) is 20.4. The maximum Gasteiger partial charge on any atom is 0.211 e. The maximum atomic E-state index is 11.9. The topological polar surface area (TPSA) is 65.8 Å². The van der Waals surface area contributed by atoms with E-state index in [2.05, 4.69) is 93.5 Å². The van der Waals surface area contributed by atoms with Gasteiger partial charge in [-0.3, -0.25) is 0 Å². The second-order valence-corrected chi connectivity index (χ2v) is 14.5. The van der Waals surface area contributed by atoms with Crippen molar-refractivity contribution in [1.82, 2.24) is 0 Å². The van der Waals surface area contributed by atoms with Gasteiger partial charge in [-0.2, -0.15) is 0 Å². The minimum atomic E-state index is 0. The van der Waals surface area contributed by atoms with E-state index in [0.717, 1.165) is 73.9 Å². The van der Waals surface area contributed by atoms with E-state index in [0.29, 0.717) is 13.2 Å². The van der Waals surface area contributed by atoms with E-state index < -0.39 is 0 Å². The normalized spacial score (nSPS) is 12.4. The van der Waals surface area contributed by atoms with Crippen LogP contribution < -0.4 is 0 Å². The quantitative estimate of drug-likeness (QED) is 0.0796. The molecule has 0 saturated heterocycles. The number of aryl methyl sites for hydroxylation is 4. The van der Waals surface area contributed by atoms with Gasteiger partial charge in [-0.05, 0) is 144 Å². The molecule has 0 amide bonds. The van der Waals surface area contributed by atoms with Crippen molar-refractivity contribution >= 4 is 11.4 Å². The largest absolute Gasteiger partial charge is 0.493 e. The van der Waals surface area contributed by atoms with Gasteiger partial charge in [-0.25, -0.2) is 4.70 Å². The van der Waals surface area contributed by atoms with E-state index in [4.69, 9.17) is 10.2 Å². The summed E-state index contributed by atoms with van der Waals surface area (Å²) in [5.41, 5.74) is 27.0. The number of hydrogen-bond donors (Lipinski definition) is 2. The molecule has 0 fully saturated rings. The van der Waals surface area contributed by atoms with Crippen LogP contribution in [-0.4, -0.2) is 28.1 Å². The molecule has 0 spiro atoms. The predicted octanol–water partition coefficient (Wildman–Crippen LogP) is 13.5. The zero-order chi connectivity index (χ0) is 37.5. The third kappa shape index (κ3) is 16.3. The van der Waals surface area contributed by atoms with Gasteiger partial charge in [-0.1, -0.05) is 98.8 Å². The number of nitrogens with zero attached hydrogens (tertiary/aromatic N) is 2. The summed E-state index contributed by atoms with van der Waals surface area (Å²) in [6.07, 6.45) is 21.2. The number of unbranched alkanes of at least 4 members (excludes halogenated alkanes) is 10. The van der Waals surface area contributed by atoms with Gasteiger partial charge in [-0.15, -0.1) is 0 Å². The molecule has 0 radical (unpaired) electrons. The Morgan fingerprint density at radius 3 is 1.14 bits per heavy atom. The van der Waals surface area contributed by atoms with Crippen LogP contribution in [0.4, 0.5) is 0 Å². The van der Waals surface area contributed by atoms with Gasteiger partial charge in [0.25, 0.3) is 0 Å². The van der Waals surface area contributed by atoms with Crippen molar-refractivity contribution in [2.75, 3.05) is 13.2 Å². The number of allylic oxidation sites excluding steroid dienone is 2. The molecule has 1 heterocycles. The molecule has 0 saturated carbocycles. The monoisotopic (exact) mass is 794 g/mol. The molecule has 1 aliphatic rings. The van der Waals surface area contributed by atoms with Crippen molar-refractivity contribution < 1.29 is 35.3 Å². The molecule has 4 nitrogen and oxygen atoms in total. The van der Waals surface area contributed by atoms with Crippen LogP contribution in [0.25, 0.3) is 16.9 Å². The van der Waals surface area contributed by atoms with Crippen LogP contribution in [0.15, 0.2) is 35.4 Å². The summed E-state index contributed by atoms with van der Waals surface area (Å²) in [6, 6.07) is 9.28. The van der Waals surface area contributed by atoms with Gasteiger partial charge in [0.15, 0.2) is 0 Å². The van der Waals surface area contributed by atoms with Gasteiger partial charge in [0, 0.05) is 55.9 Å². The molecule has 292 valence electrons. The first-order valence-corrected chi connectivity index (χ1v) is 20.4. The fourth-order valence-corrected chi connectivity index (χ4v) is 7.03. The van der Waals surface area contributed by atoms with E-state index >= 15 is 0 Å². The second-order valence-electron chi connectivity index (χ2n) is 14.5. The number of rotatable bonds is 20. The van der Waals surface area contributed by atoms with Crippen LogP contribution in [0.3, 0.4) is 0 Å². The molecule has 3 rings (SSSR count). The average Bonchev–Trinajstić information content (AvgIpc) is 3.33. The third-order valence-corrected chi connectivity index (χ3v) is 10.1. The fraction of sp³-hybridized carbons (Fsp3) is 0.652. The Labute approximate surface area is 328 Å². The van der Waals surface area contributed by atoms with Crippen molar-refractivity contribution in [3.05, 3.63) is 85.5 Å². The Hall–Kier alpha value is -1.90. The molecule has 0 aromatic heterocycles. The summed E-state index contributed by atoms with van der Waals surface area (Å²) in [4.78, 5) is 0. The minimum Gasteiger partial charge on any atom is -0.493 e. The summed E-state index contributed by atoms with van der Waals surface area (Å²) < 4.78 is 1.53. The predicted molar refractivity (Wildman–Crippen MR) is 219 cm³/mol. The van der Waals surface area contributed by atoms with Gasteiger partial charge < -0.3 is 15.7 Å². The van der Waals surface area contributed by atoms with Crippen molar-refractivity contribution in [1.29, 1.82) is 0 Å². The standard InChI is InChI=1S/C38H56N2.2C4H10O.Pd/c1-9-12-15-18-20-34-27(4)23-32(24-28(34)5)37-31(8)36(22-17-14-11-3)38(40(37)39)33-25-29(6)35(30(7)26-33)21-19-16-13-10-2;2*1-2-3-4-5;/h23-26H,9-22H2,1-8H3;2*5H,2-4H2,1H3;. The Morgan fingerprint density at radius 2 is 0.804 bits per heavy atom. The minimum absolute atomic E-state index is 0. The molecule has 0 bridgehead atoms. The van der Waals surface area contributed by atoms with Crippen LogP contribution in [-0.2, 0) is 33.3 Å². The Balaban J connectivity index is 0.00000200. The molecule has 0 atom stereocenters. The smallest absolute Gasteiger partial charge is 0.211 e. The summed E-state index contributed by atoms with van der Waals surface area (Å²) in [5.74, 6) is 0. The second kappa shape index (κ2) is 28.6. The molecule has 51 heavy (non-hydrogen) atoms. The van der Waals surface area contributed by atoms with E-state index in [1.807, 2.05) is 0 Å². The van der Waals surface area contributed by atoms with Gasteiger partial charge in [0.2, 0.25) is 11.4 Å². The first-order chi connectivity index (χ1) is 24.1. The first kappa shape index (κ1) is 49.1. The zero-order valence-electron chi connectivity index (χ0n) is 34.6. The van der Waals surface area contributed by atoms with E-state index in [9.17, 15) is 5.53 Å². The van der Waals surface area contributed by atoms with Gasteiger partial charge >= 0.3 is 0 Å². The number of aliphatic hydroxyl groups excluding tert-OH is 2. The fourth-order valence-electron chi connectivity index (χ4n) is 7.03. The molecule has 2 aromatic carbocycles. The van der Waals surface area contributed by atoms with Crippen LogP contribution in [0, 0.1) is 27.7 Å². The molecule has 0 aliphatic carbocycles. The van der Waals surface area contributed by atoms with E-state index in [1.165, 1.54) is 113 Å². The van der Waals surface area contributed by atoms with Crippen LogP contribution in [0.5, 0.6) is 0 Å². The van der Waals surface area contributed by atoms with E-state index in [-0.39, 0.29) is 20.4 Å². The van der Waals surface area contributed by atoms with E-state index in [1.54, 1.807) is 0 Å². The summed E-state index contributed by atoms with van der Waals surface area (Å²) >= 11 is 0.